The molecule has 1 saturated heterocycles. The Morgan fingerprint density at radius 2 is 2.12 bits per heavy atom. The van der Waals surface area contributed by atoms with Gasteiger partial charge in [-0.15, -0.1) is 0 Å². The molecule has 2 unspecified atom stereocenters. The summed E-state index contributed by atoms with van der Waals surface area (Å²) in [5.74, 6) is 0. The molecule has 1 aromatic carbocycles. The normalized spacial score (nSPS) is 25.8. The third kappa shape index (κ3) is 2.00. The van der Waals surface area contributed by atoms with Crippen molar-refractivity contribution in [3.8, 4) is 0 Å². The Morgan fingerprint density at radius 3 is 2.88 bits per heavy atom. The van der Waals surface area contributed by atoms with Crippen molar-refractivity contribution in [1.82, 2.24) is 0 Å². The third-order valence-electron chi connectivity index (χ3n) is 3.22. The van der Waals surface area contributed by atoms with Crippen LogP contribution in [0.4, 0.5) is 11.4 Å². The number of benzene rings is 1. The topological polar surface area (TPSA) is 38.5 Å². The molecule has 2 N–H and O–H groups in total. The van der Waals surface area contributed by atoms with Crippen molar-refractivity contribution < 1.29 is 4.74 Å². The Bertz CT molecular complexity index is 378. The van der Waals surface area contributed by atoms with Gasteiger partial charge in [-0.2, -0.15) is 0 Å². The van der Waals surface area contributed by atoms with Gasteiger partial charge in [-0.3, -0.25) is 0 Å². The molecule has 0 spiro atoms. The number of ether oxygens (including phenoxy) is 1. The summed E-state index contributed by atoms with van der Waals surface area (Å²) in [5.41, 5.74) is 9.31. The molecule has 1 fully saturated rings. The number of hydrogen-bond acceptors (Lipinski definition) is 3. The smallest absolute Gasteiger partial charge is 0.0723 e. The van der Waals surface area contributed by atoms with Gasteiger partial charge in [-0.25, -0.2) is 0 Å². The second-order valence-electron chi connectivity index (χ2n) is 4.65. The van der Waals surface area contributed by atoms with Gasteiger partial charge >= 0.3 is 0 Å². The molecule has 0 radical (unpaired) electrons. The van der Waals surface area contributed by atoms with E-state index in [1.807, 2.05) is 13.0 Å². The van der Waals surface area contributed by atoms with E-state index in [2.05, 4.69) is 30.9 Å². The third-order valence-corrected chi connectivity index (χ3v) is 3.22. The minimum atomic E-state index is 0.274. The van der Waals surface area contributed by atoms with Crippen LogP contribution in [0.2, 0.25) is 0 Å². The van der Waals surface area contributed by atoms with E-state index in [1.54, 1.807) is 0 Å². The molecule has 1 aliphatic rings. The summed E-state index contributed by atoms with van der Waals surface area (Å²) in [6.07, 6.45) is 0.274. The maximum absolute atomic E-state index is 6.14. The SMILES string of the molecule is Cc1cccc(N2CC(C)OCC2C)c1N. The fourth-order valence-electron chi connectivity index (χ4n) is 2.15. The van der Waals surface area contributed by atoms with Crippen molar-refractivity contribution in [2.45, 2.75) is 32.9 Å². The van der Waals surface area contributed by atoms with E-state index >= 15 is 0 Å². The molecule has 2 atom stereocenters. The van der Waals surface area contributed by atoms with E-state index in [0.717, 1.165) is 30.1 Å². The van der Waals surface area contributed by atoms with Crippen molar-refractivity contribution in [1.29, 1.82) is 0 Å². The summed E-state index contributed by atoms with van der Waals surface area (Å²) < 4.78 is 5.63. The first-order valence-corrected chi connectivity index (χ1v) is 5.83. The van der Waals surface area contributed by atoms with Crippen molar-refractivity contribution in [3.05, 3.63) is 23.8 Å². The Morgan fingerprint density at radius 1 is 1.38 bits per heavy atom. The first kappa shape index (κ1) is 11.3. The quantitative estimate of drug-likeness (QED) is 0.737. The van der Waals surface area contributed by atoms with Crippen LogP contribution in [-0.2, 0) is 4.74 Å². The zero-order chi connectivity index (χ0) is 11.7. The number of para-hydroxylation sites is 1. The average molecular weight is 220 g/mol. The van der Waals surface area contributed by atoms with Gasteiger partial charge in [0.15, 0.2) is 0 Å². The Labute approximate surface area is 97.2 Å². The Kier molecular flexibility index (Phi) is 3.06. The monoisotopic (exact) mass is 220 g/mol. The van der Waals surface area contributed by atoms with Crippen LogP contribution >= 0.6 is 0 Å². The minimum Gasteiger partial charge on any atom is -0.397 e. The van der Waals surface area contributed by atoms with Crippen LogP contribution in [-0.4, -0.2) is 25.3 Å². The molecule has 88 valence electrons. The number of nitrogen functional groups attached to an aromatic ring is 1. The Balaban J connectivity index is 2.31. The highest BCUT2D eigenvalue weighted by atomic mass is 16.5. The number of rotatable bonds is 1. The second kappa shape index (κ2) is 4.34. The fourth-order valence-corrected chi connectivity index (χ4v) is 2.15. The molecular weight excluding hydrogens is 200 g/mol. The first-order valence-electron chi connectivity index (χ1n) is 5.83. The zero-order valence-corrected chi connectivity index (χ0v) is 10.2. The molecule has 0 bridgehead atoms. The van der Waals surface area contributed by atoms with Gasteiger partial charge in [0.25, 0.3) is 0 Å². The zero-order valence-electron chi connectivity index (χ0n) is 10.2. The van der Waals surface area contributed by atoms with E-state index in [1.165, 1.54) is 0 Å². The summed E-state index contributed by atoms with van der Waals surface area (Å²) in [4.78, 5) is 2.34. The van der Waals surface area contributed by atoms with E-state index in [9.17, 15) is 0 Å². The first-order chi connectivity index (χ1) is 7.59. The minimum absolute atomic E-state index is 0.274. The fraction of sp³-hybridized carbons (Fsp3) is 0.538. The second-order valence-corrected chi connectivity index (χ2v) is 4.65. The van der Waals surface area contributed by atoms with Gasteiger partial charge in [0.05, 0.1) is 24.1 Å². The van der Waals surface area contributed by atoms with Gasteiger partial charge in [0.2, 0.25) is 0 Å². The lowest BCUT2D eigenvalue weighted by Crippen LogP contribution is -2.47. The molecule has 1 aromatic rings. The summed E-state index contributed by atoms with van der Waals surface area (Å²) in [6, 6.07) is 6.60. The molecule has 2 rings (SSSR count). The number of aryl methyl sites for hydroxylation is 1. The summed E-state index contributed by atoms with van der Waals surface area (Å²) in [6.45, 7) is 8.01. The van der Waals surface area contributed by atoms with Gasteiger partial charge in [-0.05, 0) is 32.4 Å². The van der Waals surface area contributed by atoms with Gasteiger partial charge in [-0.1, -0.05) is 12.1 Å². The van der Waals surface area contributed by atoms with Crippen LogP contribution in [0.3, 0.4) is 0 Å². The van der Waals surface area contributed by atoms with Crippen LogP contribution in [0, 0.1) is 6.92 Å². The van der Waals surface area contributed by atoms with E-state index in [-0.39, 0.29) is 6.10 Å². The number of hydrogen-bond donors (Lipinski definition) is 1. The highest BCUT2D eigenvalue weighted by molar-refractivity contribution is 5.71. The molecule has 3 heteroatoms. The van der Waals surface area contributed by atoms with Crippen LogP contribution in [0.1, 0.15) is 19.4 Å². The lowest BCUT2D eigenvalue weighted by Gasteiger charge is -2.39. The molecule has 3 nitrogen and oxygen atoms in total. The maximum Gasteiger partial charge on any atom is 0.0723 e. The van der Waals surface area contributed by atoms with Crippen LogP contribution in [0.25, 0.3) is 0 Å². The van der Waals surface area contributed by atoms with Crippen LogP contribution in [0.15, 0.2) is 18.2 Å². The number of anilines is 2. The number of nitrogens with two attached hydrogens (primary N) is 1. The lowest BCUT2D eigenvalue weighted by molar-refractivity contribution is 0.0344. The molecule has 1 aliphatic heterocycles. The summed E-state index contributed by atoms with van der Waals surface area (Å²) in [7, 11) is 0. The van der Waals surface area contributed by atoms with Gasteiger partial charge < -0.3 is 15.4 Å². The Hall–Kier alpha value is -1.22. The summed E-state index contributed by atoms with van der Waals surface area (Å²) >= 11 is 0. The van der Waals surface area contributed by atoms with Crippen molar-refractivity contribution >= 4 is 11.4 Å². The molecule has 16 heavy (non-hydrogen) atoms. The van der Waals surface area contributed by atoms with Crippen LogP contribution < -0.4 is 10.6 Å². The van der Waals surface area contributed by atoms with Gasteiger partial charge in [0.1, 0.15) is 0 Å². The highest BCUT2D eigenvalue weighted by Gasteiger charge is 2.24. The maximum atomic E-state index is 6.14. The molecular formula is C13H20N2O. The van der Waals surface area contributed by atoms with Gasteiger partial charge in [0, 0.05) is 12.6 Å². The van der Waals surface area contributed by atoms with Crippen molar-refractivity contribution in [2.24, 2.45) is 0 Å². The van der Waals surface area contributed by atoms with E-state index < -0.39 is 0 Å². The highest BCUT2D eigenvalue weighted by Crippen LogP contribution is 2.29. The summed E-state index contributed by atoms with van der Waals surface area (Å²) in [5, 5.41) is 0. The van der Waals surface area contributed by atoms with E-state index in [4.69, 9.17) is 10.5 Å². The average Bonchev–Trinajstić information content (AvgIpc) is 2.26. The molecule has 0 saturated carbocycles. The predicted molar refractivity (Wildman–Crippen MR) is 67.8 cm³/mol. The molecule has 0 aliphatic carbocycles. The van der Waals surface area contributed by atoms with E-state index in [0.29, 0.717) is 6.04 Å². The number of morpholine rings is 1. The lowest BCUT2D eigenvalue weighted by atomic mass is 10.1. The van der Waals surface area contributed by atoms with Crippen molar-refractivity contribution in [2.75, 3.05) is 23.8 Å². The predicted octanol–water partition coefficient (Wildman–Crippen LogP) is 2.19. The molecule has 0 amide bonds. The van der Waals surface area contributed by atoms with Crippen LogP contribution in [0.5, 0.6) is 0 Å². The molecule has 0 aromatic heterocycles. The number of nitrogens with zero attached hydrogens (tertiary/aromatic N) is 1. The largest absolute Gasteiger partial charge is 0.397 e. The van der Waals surface area contributed by atoms with Crippen molar-refractivity contribution in [3.63, 3.8) is 0 Å². The standard InChI is InChI=1S/C13H20N2O/c1-9-5-4-6-12(13(9)14)15-7-11(3)16-8-10(15)2/h4-6,10-11H,7-8,14H2,1-3H3. The molecule has 1 heterocycles.